The number of nitrogens with one attached hydrogen (secondary N) is 2. The number of hydrogen-bond acceptors (Lipinski definition) is 2. The summed E-state index contributed by atoms with van der Waals surface area (Å²) in [7, 11) is 1.57. The van der Waals surface area contributed by atoms with Crippen molar-refractivity contribution in [2.45, 2.75) is 4.90 Å². The largest absolute Gasteiger partial charge is 0.341 e. The topological polar surface area (TPSA) is 41.1 Å². The lowest BCUT2D eigenvalue weighted by atomic mass is 10.4. The summed E-state index contributed by atoms with van der Waals surface area (Å²) in [6, 6.07) is 7.00. The molecule has 0 aliphatic rings. The predicted octanol–water partition coefficient (Wildman–Crippen LogP) is 2.28. The lowest BCUT2D eigenvalue weighted by Gasteiger charge is -2.02. The monoisotopic (exact) mass is 216 g/mol. The molecule has 1 rings (SSSR count). The summed E-state index contributed by atoms with van der Waals surface area (Å²) in [6.07, 6.45) is 0. The van der Waals surface area contributed by atoms with E-state index in [9.17, 15) is 4.79 Å². The summed E-state index contributed by atoms with van der Waals surface area (Å²) < 4.78 is 2.59. The van der Waals surface area contributed by atoms with E-state index in [1.807, 2.05) is 12.1 Å². The zero-order chi connectivity index (χ0) is 9.68. The van der Waals surface area contributed by atoms with Crippen molar-refractivity contribution in [2.75, 3.05) is 7.05 Å². The molecule has 0 saturated heterocycles. The first-order valence-electron chi connectivity index (χ1n) is 3.62. The lowest BCUT2D eigenvalue weighted by molar-refractivity contribution is 0.248. The Labute approximate surface area is 86.0 Å². The molecule has 3 nitrogen and oxygen atoms in total. The predicted molar refractivity (Wildman–Crippen MR) is 54.9 cm³/mol. The minimum atomic E-state index is -0.222. The first-order valence-corrected chi connectivity index (χ1v) is 4.82. The summed E-state index contributed by atoms with van der Waals surface area (Å²) in [5.41, 5.74) is 0. The molecule has 0 saturated carbocycles. The van der Waals surface area contributed by atoms with Gasteiger partial charge in [-0.2, -0.15) is 0 Å². The zero-order valence-corrected chi connectivity index (χ0v) is 8.58. The summed E-state index contributed by atoms with van der Waals surface area (Å²) >= 11 is 6.93. The number of amides is 2. The maximum absolute atomic E-state index is 10.8. The second-order valence-corrected chi connectivity index (χ2v) is 3.55. The van der Waals surface area contributed by atoms with Gasteiger partial charge in [-0.15, -0.1) is 0 Å². The summed E-state index contributed by atoms with van der Waals surface area (Å²) in [5, 5.41) is 3.13. The molecule has 5 heteroatoms. The van der Waals surface area contributed by atoms with Crippen LogP contribution in [0.1, 0.15) is 0 Å². The average Bonchev–Trinajstić information content (AvgIpc) is 2.16. The van der Waals surface area contributed by atoms with Crippen molar-refractivity contribution in [2.24, 2.45) is 0 Å². The van der Waals surface area contributed by atoms with Crippen LogP contribution in [-0.2, 0) is 0 Å². The van der Waals surface area contributed by atoms with Gasteiger partial charge in [-0.1, -0.05) is 11.6 Å². The third kappa shape index (κ3) is 3.57. The van der Waals surface area contributed by atoms with Gasteiger partial charge < -0.3 is 5.32 Å². The van der Waals surface area contributed by atoms with E-state index in [-0.39, 0.29) is 6.03 Å². The number of carbonyl (C=O) groups excluding carboxylic acids is 1. The molecule has 0 unspecified atom stereocenters. The van der Waals surface area contributed by atoms with Crippen molar-refractivity contribution in [3.63, 3.8) is 0 Å². The molecule has 1 aromatic rings. The van der Waals surface area contributed by atoms with E-state index in [2.05, 4.69) is 10.0 Å². The van der Waals surface area contributed by atoms with Crippen LogP contribution in [0.4, 0.5) is 4.79 Å². The first-order chi connectivity index (χ1) is 6.22. The van der Waals surface area contributed by atoms with Gasteiger partial charge in [0.1, 0.15) is 0 Å². The number of benzene rings is 1. The maximum atomic E-state index is 10.8. The molecule has 70 valence electrons. The molecule has 2 amide bonds. The van der Waals surface area contributed by atoms with Crippen molar-refractivity contribution < 1.29 is 4.79 Å². The number of hydrogen-bond donors (Lipinski definition) is 2. The van der Waals surface area contributed by atoms with E-state index in [1.165, 1.54) is 11.9 Å². The highest BCUT2D eigenvalue weighted by molar-refractivity contribution is 7.98. The molecule has 2 N–H and O–H groups in total. The van der Waals surface area contributed by atoms with Gasteiger partial charge in [0.25, 0.3) is 0 Å². The minimum Gasteiger partial charge on any atom is -0.341 e. The van der Waals surface area contributed by atoms with E-state index in [1.54, 1.807) is 19.2 Å². The van der Waals surface area contributed by atoms with Crippen LogP contribution in [0.2, 0.25) is 5.02 Å². The van der Waals surface area contributed by atoms with Crippen LogP contribution < -0.4 is 10.0 Å². The van der Waals surface area contributed by atoms with Gasteiger partial charge in [-0.05, 0) is 36.2 Å². The highest BCUT2D eigenvalue weighted by atomic mass is 35.5. The van der Waals surface area contributed by atoms with Crippen molar-refractivity contribution in [1.82, 2.24) is 10.0 Å². The number of rotatable bonds is 2. The summed E-state index contributed by atoms with van der Waals surface area (Å²) in [4.78, 5) is 11.7. The van der Waals surface area contributed by atoms with Crippen LogP contribution in [0.25, 0.3) is 0 Å². The van der Waals surface area contributed by atoms with Gasteiger partial charge in [-0.25, -0.2) is 4.79 Å². The van der Waals surface area contributed by atoms with E-state index in [0.717, 1.165) is 4.90 Å². The molecule has 0 spiro atoms. The van der Waals surface area contributed by atoms with Gasteiger partial charge in [0.05, 0.1) is 0 Å². The van der Waals surface area contributed by atoms with Crippen LogP contribution in [0.5, 0.6) is 0 Å². The van der Waals surface area contributed by atoms with Crippen LogP contribution >= 0.6 is 23.5 Å². The fourth-order valence-electron chi connectivity index (χ4n) is 0.659. The van der Waals surface area contributed by atoms with Crippen LogP contribution in [0, 0.1) is 0 Å². The Morgan fingerprint density at radius 1 is 1.38 bits per heavy atom. The molecule has 1 aromatic carbocycles. The normalized spacial score (nSPS) is 9.38. The summed E-state index contributed by atoms with van der Waals surface area (Å²) in [5.74, 6) is 0. The van der Waals surface area contributed by atoms with Crippen molar-refractivity contribution in [1.29, 1.82) is 0 Å². The van der Waals surface area contributed by atoms with Gasteiger partial charge in [-0.3, -0.25) is 4.72 Å². The molecule has 0 aliphatic heterocycles. The zero-order valence-electron chi connectivity index (χ0n) is 7.00. The molecular formula is C8H9ClN2OS. The second kappa shape index (κ2) is 4.99. The third-order valence-electron chi connectivity index (χ3n) is 1.30. The van der Waals surface area contributed by atoms with Crippen molar-refractivity contribution >= 4 is 29.6 Å². The van der Waals surface area contributed by atoms with Crippen LogP contribution in [-0.4, -0.2) is 13.1 Å². The number of carbonyl (C=O) groups is 1. The molecule has 0 fully saturated rings. The van der Waals surface area contributed by atoms with Gasteiger partial charge in [0.2, 0.25) is 0 Å². The van der Waals surface area contributed by atoms with Crippen molar-refractivity contribution in [3.05, 3.63) is 29.3 Å². The molecule has 0 aliphatic carbocycles. The van der Waals surface area contributed by atoms with E-state index < -0.39 is 0 Å². The Hall–Kier alpha value is -0.870. The van der Waals surface area contributed by atoms with Crippen LogP contribution in [0.15, 0.2) is 29.2 Å². The Balaban J connectivity index is 2.46. The number of halogens is 1. The van der Waals surface area contributed by atoms with E-state index in [4.69, 9.17) is 11.6 Å². The standard InChI is InChI=1S/C8H9ClN2OS/c1-10-8(12)11-13-7-4-2-6(9)3-5-7/h2-5H,1H3,(H2,10,11,12). The number of urea groups is 1. The Bertz CT molecular complexity index is 289. The molecule has 0 radical (unpaired) electrons. The molecule has 0 atom stereocenters. The van der Waals surface area contributed by atoms with Crippen molar-refractivity contribution in [3.8, 4) is 0 Å². The Morgan fingerprint density at radius 3 is 2.54 bits per heavy atom. The molecule has 0 bridgehead atoms. The lowest BCUT2D eigenvalue weighted by Crippen LogP contribution is -2.27. The van der Waals surface area contributed by atoms with Crippen LogP contribution in [0.3, 0.4) is 0 Å². The third-order valence-corrected chi connectivity index (χ3v) is 2.35. The molecule has 0 heterocycles. The highest BCUT2D eigenvalue weighted by Crippen LogP contribution is 2.17. The van der Waals surface area contributed by atoms with Gasteiger partial charge in [0, 0.05) is 17.0 Å². The molecule has 13 heavy (non-hydrogen) atoms. The second-order valence-electron chi connectivity index (χ2n) is 2.24. The highest BCUT2D eigenvalue weighted by Gasteiger charge is 1.97. The Kier molecular flexibility index (Phi) is 3.92. The fraction of sp³-hybridized carbons (Fsp3) is 0.125. The van der Waals surface area contributed by atoms with E-state index >= 15 is 0 Å². The van der Waals surface area contributed by atoms with E-state index in [0.29, 0.717) is 5.02 Å². The van der Waals surface area contributed by atoms with Gasteiger partial charge in [0.15, 0.2) is 0 Å². The smallest absolute Gasteiger partial charge is 0.324 e. The summed E-state index contributed by atoms with van der Waals surface area (Å²) in [6.45, 7) is 0. The molecule has 0 aromatic heterocycles. The minimum absolute atomic E-state index is 0.222. The first kappa shape index (κ1) is 10.2. The molecular weight excluding hydrogens is 208 g/mol. The SMILES string of the molecule is CNC(=O)NSc1ccc(Cl)cc1. The maximum Gasteiger partial charge on any atom is 0.324 e. The fourth-order valence-corrected chi connectivity index (χ4v) is 1.37. The van der Waals surface area contributed by atoms with Gasteiger partial charge >= 0.3 is 6.03 Å². The Morgan fingerprint density at radius 2 is 2.00 bits per heavy atom. The quantitative estimate of drug-likeness (QED) is 0.745. The average molecular weight is 217 g/mol.